The van der Waals surface area contributed by atoms with Crippen molar-refractivity contribution < 1.29 is 4.79 Å². The molecule has 2 aromatic heterocycles. The predicted molar refractivity (Wildman–Crippen MR) is 78.9 cm³/mol. The molecule has 0 radical (unpaired) electrons. The van der Waals surface area contributed by atoms with E-state index in [-0.39, 0.29) is 11.9 Å². The second-order valence-corrected chi connectivity index (χ2v) is 6.20. The maximum Gasteiger partial charge on any atom is 0.270 e. The van der Waals surface area contributed by atoms with Gasteiger partial charge in [-0.1, -0.05) is 17.7 Å². The lowest BCUT2D eigenvalue weighted by Gasteiger charge is -2.12. The Labute approximate surface area is 121 Å². The van der Waals surface area contributed by atoms with Crippen LogP contribution in [0.2, 0.25) is 5.15 Å². The van der Waals surface area contributed by atoms with Crippen LogP contribution in [0.3, 0.4) is 0 Å². The van der Waals surface area contributed by atoms with Gasteiger partial charge in [-0.2, -0.15) is 0 Å². The van der Waals surface area contributed by atoms with E-state index in [0.29, 0.717) is 10.8 Å². The van der Waals surface area contributed by atoms with E-state index >= 15 is 0 Å². The number of carbonyl (C=O) groups excluding carboxylic acids is 1. The first-order valence-corrected chi connectivity index (χ1v) is 7.23. The molecule has 1 atom stereocenters. The molecule has 0 spiro atoms. The van der Waals surface area contributed by atoms with Gasteiger partial charge in [0.1, 0.15) is 10.8 Å². The van der Waals surface area contributed by atoms with Gasteiger partial charge in [0.15, 0.2) is 0 Å². The van der Waals surface area contributed by atoms with E-state index in [9.17, 15) is 4.79 Å². The number of pyridine rings is 1. The third-order valence-electron chi connectivity index (χ3n) is 2.63. The molecule has 1 amide bonds. The predicted octanol–water partition coefficient (Wildman–Crippen LogP) is 3.47. The van der Waals surface area contributed by atoms with Gasteiger partial charge in [-0.05, 0) is 38.1 Å². The zero-order valence-electron chi connectivity index (χ0n) is 10.8. The molecule has 5 heteroatoms. The number of aromatic nitrogens is 1. The highest BCUT2D eigenvalue weighted by atomic mass is 35.5. The Kier molecular flexibility index (Phi) is 4.56. The van der Waals surface area contributed by atoms with Crippen LogP contribution in [0.4, 0.5) is 0 Å². The summed E-state index contributed by atoms with van der Waals surface area (Å²) in [5.74, 6) is -0.191. The van der Waals surface area contributed by atoms with Crippen molar-refractivity contribution in [1.29, 1.82) is 0 Å². The lowest BCUT2D eigenvalue weighted by Crippen LogP contribution is -2.34. The van der Waals surface area contributed by atoms with Gasteiger partial charge < -0.3 is 5.32 Å². The number of carbonyl (C=O) groups is 1. The van der Waals surface area contributed by atoms with Crippen LogP contribution >= 0.6 is 22.9 Å². The van der Waals surface area contributed by atoms with Crippen LogP contribution in [0.15, 0.2) is 30.3 Å². The number of rotatable bonds is 4. The highest BCUT2D eigenvalue weighted by Gasteiger charge is 2.12. The minimum atomic E-state index is -0.191. The van der Waals surface area contributed by atoms with E-state index in [2.05, 4.69) is 29.4 Å². The number of nitrogens with one attached hydrogen (secondary N) is 1. The summed E-state index contributed by atoms with van der Waals surface area (Å²) in [6.07, 6.45) is 0.824. The summed E-state index contributed by atoms with van der Waals surface area (Å²) < 4.78 is 0. The van der Waals surface area contributed by atoms with E-state index in [4.69, 9.17) is 11.6 Å². The van der Waals surface area contributed by atoms with Crippen molar-refractivity contribution in [3.63, 3.8) is 0 Å². The first-order valence-electron chi connectivity index (χ1n) is 6.03. The lowest BCUT2D eigenvalue weighted by molar-refractivity contribution is 0.0935. The topological polar surface area (TPSA) is 42.0 Å². The van der Waals surface area contributed by atoms with E-state index in [1.54, 1.807) is 29.5 Å². The summed E-state index contributed by atoms with van der Waals surface area (Å²) in [7, 11) is 0. The molecule has 2 aromatic rings. The third-order valence-corrected chi connectivity index (χ3v) is 3.86. The number of nitrogens with zero attached hydrogens (tertiary/aromatic N) is 1. The molecular weight excluding hydrogens is 280 g/mol. The Morgan fingerprint density at radius 3 is 2.84 bits per heavy atom. The summed E-state index contributed by atoms with van der Waals surface area (Å²) >= 11 is 7.52. The average molecular weight is 295 g/mol. The van der Waals surface area contributed by atoms with Crippen molar-refractivity contribution in [2.75, 3.05) is 0 Å². The van der Waals surface area contributed by atoms with Crippen molar-refractivity contribution in [3.05, 3.63) is 50.9 Å². The van der Waals surface area contributed by atoms with Crippen LogP contribution in [0.5, 0.6) is 0 Å². The van der Waals surface area contributed by atoms with Crippen molar-refractivity contribution in [2.45, 2.75) is 26.3 Å². The smallest absolute Gasteiger partial charge is 0.270 e. The Hall–Kier alpha value is -1.39. The van der Waals surface area contributed by atoms with Gasteiger partial charge in [0.2, 0.25) is 0 Å². The Morgan fingerprint density at radius 1 is 1.42 bits per heavy atom. The molecule has 0 fully saturated rings. The van der Waals surface area contributed by atoms with E-state index in [1.165, 1.54) is 9.75 Å². The standard InChI is InChI=1S/C14H15ClN2OS/c1-9(8-11-7-6-10(2)19-11)16-14(18)12-4-3-5-13(15)17-12/h3-7,9H,8H2,1-2H3,(H,16,18). The second-order valence-electron chi connectivity index (χ2n) is 4.44. The van der Waals surface area contributed by atoms with Crippen LogP contribution < -0.4 is 5.32 Å². The first kappa shape index (κ1) is 14.0. The molecule has 0 aliphatic carbocycles. The van der Waals surface area contributed by atoms with Gasteiger partial charge in [-0.3, -0.25) is 4.79 Å². The molecule has 0 aliphatic rings. The fourth-order valence-corrected chi connectivity index (χ4v) is 2.96. The highest BCUT2D eigenvalue weighted by molar-refractivity contribution is 7.11. The quantitative estimate of drug-likeness (QED) is 0.877. The maximum atomic E-state index is 12.0. The molecule has 0 aliphatic heterocycles. The van der Waals surface area contributed by atoms with Crippen LogP contribution in [-0.4, -0.2) is 16.9 Å². The molecule has 2 rings (SSSR count). The Bertz CT molecular complexity index is 582. The van der Waals surface area contributed by atoms with Gasteiger partial charge in [-0.25, -0.2) is 4.98 Å². The van der Waals surface area contributed by atoms with Crippen LogP contribution in [-0.2, 0) is 6.42 Å². The monoisotopic (exact) mass is 294 g/mol. The third kappa shape index (κ3) is 4.04. The molecule has 1 unspecified atom stereocenters. The average Bonchev–Trinajstić information content (AvgIpc) is 2.74. The van der Waals surface area contributed by atoms with Crippen LogP contribution in [0.25, 0.3) is 0 Å². The Morgan fingerprint density at radius 2 is 2.21 bits per heavy atom. The normalized spacial score (nSPS) is 12.2. The molecule has 0 aromatic carbocycles. The summed E-state index contributed by atoms with van der Waals surface area (Å²) in [4.78, 5) is 18.5. The fourth-order valence-electron chi connectivity index (χ4n) is 1.78. The van der Waals surface area contributed by atoms with Gasteiger partial charge in [-0.15, -0.1) is 11.3 Å². The van der Waals surface area contributed by atoms with Gasteiger partial charge in [0, 0.05) is 22.2 Å². The van der Waals surface area contributed by atoms with Gasteiger partial charge in [0.25, 0.3) is 5.91 Å². The summed E-state index contributed by atoms with van der Waals surface area (Å²) in [6, 6.07) is 9.27. The molecule has 0 bridgehead atoms. The second kappa shape index (κ2) is 6.17. The Balaban J connectivity index is 1.95. The molecule has 3 nitrogen and oxygen atoms in total. The fraction of sp³-hybridized carbons (Fsp3) is 0.286. The van der Waals surface area contributed by atoms with E-state index in [0.717, 1.165) is 6.42 Å². The molecule has 19 heavy (non-hydrogen) atoms. The summed E-state index contributed by atoms with van der Waals surface area (Å²) in [5.41, 5.74) is 0.349. The number of halogens is 1. The largest absolute Gasteiger partial charge is 0.348 e. The SMILES string of the molecule is Cc1ccc(CC(C)NC(=O)c2cccc(Cl)n2)s1. The van der Waals surface area contributed by atoms with Crippen molar-refractivity contribution in [2.24, 2.45) is 0 Å². The maximum absolute atomic E-state index is 12.0. The number of aryl methyl sites for hydroxylation is 1. The lowest BCUT2D eigenvalue weighted by atomic mass is 10.2. The molecular formula is C14H15ClN2OS. The van der Waals surface area contributed by atoms with Gasteiger partial charge >= 0.3 is 0 Å². The zero-order valence-corrected chi connectivity index (χ0v) is 12.4. The zero-order chi connectivity index (χ0) is 13.8. The summed E-state index contributed by atoms with van der Waals surface area (Å²) in [6.45, 7) is 4.06. The molecule has 100 valence electrons. The van der Waals surface area contributed by atoms with E-state index < -0.39 is 0 Å². The van der Waals surface area contributed by atoms with Crippen LogP contribution in [0.1, 0.15) is 27.2 Å². The molecule has 2 heterocycles. The van der Waals surface area contributed by atoms with Crippen molar-refractivity contribution in [3.8, 4) is 0 Å². The van der Waals surface area contributed by atoms with E-state index in [1.807, 2.05) is 6.92 Å². The van der Waals surface area contributed by atoms with Crippen molar-refractivity contribution in [1.82, 2.24) is 10.3 Å². The number of thiophene rings is 1. The summed E-state index contributed by atoms with van der Waals surface area (Å²) in [5, 5.41) is 3.26. The minimum absolute atomic E-state index is 0.0614. The molecule has 0 saturated heterocycles. The van der Waals surface area contributed by atoms with Gasteiger partial charge in [0.05, 0.1) is 0 Å². The van der Waals surface area contributed by atoms with Crippen molar-refractivity contribution >= 4 is 28.8 Å². The molecule has 1 N–H and O–H groups in total. The first-order chi connectivity index (χ1) is 9.04. The number of hydrogen-bond acceptors (Lipinski definition) is 3. The molecule has 0 saturated carbocycles. The number of amides is 1. The minimum Gasteiger partial charge on any atom is -0.348 e. The highest BCUT2D eigenvalue weighted by Crippen LogP contribution is 2.16. The van der Waals surface area contributed by atoms with Crippen LogP contribution in [0, 0.1) is 6.92 Å². The number of hydrogen-bond donors (Lipinski definition) is 1.